The van der Waals surface area contributed by atoms with Gasteiger partial charge in [0.15, 0.2) is 0 Å². The Morgan fingerprint density at radius 2 is 1.93 bits per heavy atom. The van der Waals surface area contributed by atoms with E-state index >= 15 is 0 Å². The van der Waals surface area contributed by atoms with E-state index in [0.717, 1.165) is 30.8 Å². The van der Waals surface area contributed by atoms with Crippen LogP contribution in [0.4, 0.5) is 0 Å². The minimum absolute atomic E-state index is 0.299. The van der Waals surface area contributed by atoms with Crippen LogP contribution in [0.5, 0.6) is 0 Å². The molecule has 1 nitrogen and oxygen atoms in total. The summed E-state index contributed by atoms with van der Waals surface area (Å²) in [6, 6.07) is 4.16. The van der Waals surface area contributed by atoms with Crippen molar-refractivity contribution < 1.29 is 4.42 Å². The van der Waals surface area contributed by atoms with Gasteiger partial charge in [-0.2, -0.15) is 0 Å². The van der Waals surface area contributed by atoms with E-state index in [1.807, 2.05) is 6.08 Å². The molecule has 0 atom stereocenters. The van der Waals surface area contributed by atoms with Gasteiger partial charge in [0.05, 0.1) is 0 Å². The molecule has 0 amide bonds. The number of hydrogen-bond acceptors (Lipinski definition) is 1. The van der Waals surface area contributed by atoms with E-state index < -0.39 is 0 Å². The van der Waals surface area contributed by atoms with E-state index in [1.165, 1.54) is 0 Å². The van der Waals surface area contributed by atoms with Crippen molar-refractivity contribution in [3.8, 4) is 0 Å². The van der Waals surface area contributed by atoms with E-state index in [1.54, 1.807) is 0 Å². The van der Waals surface area contributed by atoms with Gasteiger partial charge in [0, 0.05) is 12.8 Å². The molecule has 0 saturated heterocycles. The van der Waals surface area contributed by atoms with Gasteiger partial charge in [0.2, 0.25) is 0 Å². The fraction of sp³-hybridized carbons (Fsp3) is 0.538. The Morgan fingerprint density at radius 1 is 1.29 bits per heavy atom. The first-order chi connectivity index (χ1) is 6.51. The Kier molecular flexibility index (Phi) is 3.56. The predicted octanol–water partition coefficient (Wildman–Crippen LogP) is 3.99. The lowest BCUT2D eigenvalue weighted by molar-refractivity contribution is 0.354. The molecule has 1 heteroatoms. The summed E-state index contributed by atoms with van der Waals surface area (Å²) in [6.45, 7) is 10.4. The lowest BCUT2D eigenvalue weighted by atomic mass is 9.91. The van der Waals surface area contributed by atoms with Crippen LogP contribution in [0.3, 0.4) is 0 Å². The maximum atomic E-state index is 5.71. The van der Waals surface area contributed by atoms with Crippen LogP contribution < -0.4 is 0 Å². The van der Waals surface area contributed by atoms with Gasteiger partial charge < -0.3 is 4.42 Å². The molecule has 0 spiro atoms. The number of furan rings is 1. The van der Waals surface area contributed by atoms with Crippen molar-refractivity contribution in [1.29, 1.82) is 0 Å². The first-order valence-corrected chi connectivity index (χ1v) is 5.20. The van der Waals surface area contributed by atoms with Crippen molar-refractivity contribution in [2.75, 3.05) is 0 Å². The third kappa shape index (κ3) is 3.82. The van der Waals surface area contributed by atoms with Gasteiger partial charge in [-0.05, 0) is 24.0 Å². The van der Waals surface area contributed by atoms with Gasteiger partial charge in [-0.3, -0.25) is 0 Å². The van der Waals surface area contributed by atoms with Crippen LogP contribution in [0.1, 0.15) is 38.7 Å². The third-order valence-electron chi connectivity index (χ3n) is 2.02. The third-order valence-corrected chi connectivity index (χ3v) is 2.02. The Morgan fingerprint density at radius 3 is 2.50 bits per heavy atom. The zero-order valence-corrected chi connectivity index (χ0v) is 9.47. The molecule has 0 aliphatic rings. The molecule has 0 unspecified atom stereocenters. The van der Waals surface area contributed by atoms with Crippen LogP contribution in [0.15, 0.2) is 29.2 Å². The molecule has 1 aromatic rings. The SMILES string of the molecule is C=CCCc1ccc(CC(C)(C)C)o1. The minimum atomic E-state index is 0.299. The summed E-state index contributed by atoms with van der Waals surface area (Å²) >= 11 is 0. The molecular weight excluding hydrogens is 172 g/mol. The zero-order chi connectivity index (χ0) is 10.6. The van der Waals surface area contributed by atoms with E-state index in [-0.39, 0.29) is 0 Å². The van der Waals surface area contributed by atoms with Crippen LogP contribution >= 0.6 is 0 Å². The fourth-order valence-corrected chi connectivity index (χ4v) is 1.42. The highest BCUT2D eigenvalue weighted by Crippen LogP contribution is 2.22. The maximum absolute atomic E-state index is 5.71. The van der Waals surface area contributed by atoms with Crippen molar-refractivity contribution in [2.24, 2.45) is 5.41 Å². The summed E-state index contributed by atoms with van der Waals surface area (Å²) in [5, 5.41) is 0. The van der Waals surface area contributed by atoms with Crippen LogP contribution in [-0.2, 0) is 12.8 Å². The standard InChI is InChI=1S/C13H20O/c1-5-6-7-11-8-9-12(14-11)10-13(2,3)4/h5,8-9H,1,6-7,10H2,2-4H3. The molecule has 1 heterocycles. The summed E-state index contributed by atoms with van der Waals surface area (Å²) in [5.74, 6) is 2.17. The number of aryl methyl sites for hydroxylation is 1. The quantitative estimate of drug-likeness (QED) is 0.657. The van der Waals surface area contributed by atoms with E-state index in [2.05, 4.69) is 39.5 Å². The van der Waals surface area contributed by atoms with E-state index in [0.29, 0.717) is 5.41 Å². The van der Waals surface area contributed by atoms with Gasteiger partial charge >= 0.3 is 0 Å². The molecule has 1 aromatic heterocycles. The summed E-state index contributed by atoms with van der Waals surface area (Å²) in [7, 11) is 0. The van der Waals surface area contributed by atoms with Crippen molar-refractivity contribution in [2.45, 2.75) is 40.0 Å². The first kappa shape index (κ1) is 11.1. The largest absolute Gasteiger partial charge is 0.466 e. The highest BCUT2D eigenvalue weighted by atomic mass is 16.3. The van der Waals surface area contributed by atoms with Gasteiger partial charge in [-0.25, -0.2) is 0 Å². The second kappa shape index (κ2) is 4.50. The molecule has 0 radical (unpaired) electrons. The Bertz CT molecular complexity index is 288. The second-order valence-electron chi connectivity index (χ2n) is 4.93. The Hall–Kier alpha value is -0.980. The Balaban J connectivity index is 2.55. The monoisotopic (exact) mass is 192 g/mol. The molecule has 14 heavy (non-hydrogen) atoms. The topological polar surface area (TPSA) is 13.1 Å². The average molecular weight is 192 g/mol. The van der Waals surface area contributed by atoms with Crippen LogP contribution in [0.2, 0.25) is 0 Å². The van der Waals surface area contributed by atoms with Crippen LogP contribution in [-0.4, -0.2) is 0 Å². The number of allylic oxidation sites excluding steroid dienone is 1. The molecular formula is C13H20O. The fourth-order valence-electron chi connectivity index (χ4n) is 1.42. The summed E-state index contributed by atoms with van der Waals surface area (Å²) in [4.78, 5) is 0. The highest BCUT2D eigenvalue weighted by Gasteiger charge is 2.13. The maximum Gasteiger partial charge on any atom is 0.104 e. The van der Waals surface area contributed by atoms with Crippen LogP contribution in [0.25, 0.3) is 0 Å². The summed E-state index contributed by atoms with van der Waals surface area (Å²) in [5.41, 5.74) is 0.299. The van der Waals surface area contributed by atoms with Gasteiger partial charge in [0.25, 0.3) is 0 Å². The van der Waals surface area contributed by atoms with E-state index in [4.69, 9.17) is 4.42 Å². The zero-order valence-electron chi connectivity index (χ0n) is 9.47. The lowest BCUT2D eigenvalue weighted by Gasteiger charge is -2.15. The second-order valence-corrected chi connectivity index (χ2v) is 4.93. The van der Waals surface area contributed by atoms with E-state index in [9.17, 15) is 0 Å². The summed E-state index contributed by atoms with van der Waals surface area (Å²) in [6.07, 6.45) is 4.88. The minimum Gasteiger partial charge on any atom is -0.466 e. The molecule has 0 saturated carbocycles. The van der Waals surface area contributed by atoms with Crippen molar-refractivity contribution in [1.82, 2.24) is 0 Å². The number of hydrogen-bond donors (Lipinski definition) is 0. The molecule has 1 rings (SSSR count). The normalized spacial score (nSPS) is 11.6. The molecule has 0 N–H and O–H groups in total. The first-order valence-electron chi connectivity index (χ1n) is 5.20. The highest BCUT2D eigenvalue weighted by molar-refractivity contribution is 5.09. The molecule has 0 bridgehead atoms. The molecule has 0 aliphatic heterocycles. The molecule has 0 fully saturated rings. The summed E-state index contributed by atoms with van der Waals surface area (Å²) < 4.78 is 5.71. The average Bonchev–Trinajstić information content (AvgIpc) is 2.46. The van der Waals surface area contributed by atoms with Gasteiger partial charge in [-0.1, -0.05) is 26.8 Å². The van der Waals surface area contributed by atoms with Crippen molar-refractivity contribution in [3.63, 3.8) is 0 Å². The van der Waals surface area contributed by atoms with Gasteiger partial charge in [-0.15, -0.1) is 6.58 Å². The Labute approximate surface area is 86.8 Å². The molecule has 0 aliphatic carbocycles. The smallest absolute Gasteiger partial charge is 0.104 e. The lowest BCUT2D eigenvalue weighted by Crippen LogP contribution is -2.08. The van der Waals surface area contributed by atoms with Crippen molar-refractivity contribution >= 4 is 0 Å². The predicted molar refractivity (Wildman–Crippen MR) is 60.4 cm³/mol. The molecule has 78 valence electrons. The van der Waals surface area contributed by atoms with Gasteiger partial charge in [0.1, 0.15) is 11.5 Å². The van der Waals surface area contributed by atoms with Crippen molar-refractivity contribution in [3.05, 3.63) is 36.3 Å². The molecule has 0 aromatic carbocycles. The number of rotatable bonds is 4. The van der Waals surface area contributed by atoms with Crippen LogP contribution in [0, 0.1) is 5.41 Å².